The summed E-state index contributed by atoms with van der Waals surface area (Å²) >= 11 is 0. The number of nitrogens with zero attached hydrogens (tertiary/aromatic N) is 5. The van der Waals surface area contributed by atoms with Crippen LogP contribution < -0.4 is 15.5 Å². The summed E-state index contributed by atoms with van der Waals surface area (Å²) in [7, 11) is 0. The normalized spacial score (nSPS) is 13.8. The lowest BCUT2D eigenvalue weighted by atomic mass is 10.3. The van der Waals surface area contributed by atoms with E-state index >= 15 is 0 Å². The Kier molecular flexibility index (Phi) is 5.87. The van der Waals surface area contributed by atoms with Crippen LogP contribution in [0.3, 0.4) is 0 Å². The van der Waals surface area contributed by atoms with Crippen molar-refractivity contribution in [2.24, 2.45) is 0 Å². The van der Waals surface area contributed by atoms with Gasteiger partial charge in [0.25, 0.3) is 0 Å². The Bertz CT molecular complexity index is 1070. The number of carbonyl (C=O) groups is 1. The van der Waals surface area contributed by atoms with E-state index in [0.717, 1.165) is 23.9 Å². The van der Waals surface area contributed by atoms with Gasteiger partial charge in [-0.15, -0.1) is 10.2 Å². The van der Waals surface area contributed by atoms with Gasteiger partial charge >= 0.3 is 6.03 Å². The highest BCUT2D eigenvalue weighted by molar-refractivity contribution is 5.89. The molecule has 1 aliphatic heterocycles. The lowest BCUT2D eigenvalue weighted by Crippen LogP contribution is -2.50. The van der Waals surface area contributed by atoms with Gasteiger partial charge in [0.15, 0.2) is 11.6 Å². The summed E-state index contributed by atoms with van der Waals surface area (Å²) < 4.78 is 27.0. The van der Waals surface area contributed by atoms with Gasteiger partial charge in [0.1, 0.15) is 17.5 Å². The van der Waals surface area contributed by atoms with E-state index in [1.807, 2.05) is 42.2 Å². The van der Waals surface area contributed by atoms with Crippen molar-refractivity contribution in [1.29, 1.82) is 0 Å². The van der Waals surface area contributed by atoms with Crippen molar-refractivity contribution in [3.05, 3.63) is 65.9 Å². The molecule has 8 nitrogen and oxygen atoms in total. The third-order valence-electron chi connectivity index (χ3n) is 4.86. The molecule has 0 atom stereocenters. The van der Waals surface area contributed by atoms with Crippen LogP contribution in [0.4, 0.5) is 36.7 Å². The number of amides is 2. The maximum Gasteiger partial charge on any atom is 0.322 e. The van der Waals surface area contributed by atoms with Crippen LogP contribution in [0, 0.1) is 18.6 Å². The number of rotatable bonds is 4. The fraction of sp³-hybridized carbons (Fsp3) is 0.238. The first kappa shape index (κ1) is 20.5. The summed E-state index contributed by atoms with van der Waals surface area (Å²) in [5, 5.41) is 14.0. The van der Waals surface area contributed by atoms with Crippen LogP contribution in [0.15, 0.2) is 48.5 Å². The van der Waals surface area contributed by atoms with Gasteiger partial charge < -0.3 is 20.4 Å². The van der Waals surface area contributed by atoms with Gasteiger partial charge in [-0.1, -0.05) is 6.07 Å². The summed E-state index contributed by atoms with van der Waals surface area (Å²) in [4.78, 5) is 20.3. The van der Waals surface area contributed by atoms with Gasteiger partial charge in [0.05, 0.1) is 5.69 Å². The molecule has 0 unspecified atom stereocenters. The highest BCUT2D eigenvalue weighted by atomic mass is 19.1. The average molecular weight is 425 g/mol. The molecule has 0 spiro atoms. The average Bonchev–Trinajstić information content (AvgIpc) is 2.77. The summed E-state index contributed by atoms with van der Waals surface area (Å²) in [5.41, 5.74) is 0.723. The van der Waals surface area contributed by atoms with Crippen molar-refractivity contribution in [2.45, 2.75) is 6.92 Å². The number of hydrogen-bond donors (Lipinski definition) is 2. The number of nitrogens with one attached hydrogen (secondary N) is 2. The molecule has 10 heteroatoms. The largest absolute Gasteiger partial charge is 0.352 e. The topological polar surface area (TPSA) is 86.3 Å². The standard InChI is InChI=1S/C21H21F2N7O/c1-14-3-2-4-18(24-14)26-19-7-8-20(28-27-19)29-9-11-30(12-10-29)21(31)25-17-13-15(22)5-6-16(17)23/h2-8,13H,9-12H2,1H3,(H,25,31)(H,24,26,27). The van der Waals surface area contributed by atoms with E-state index in [-0.39, 0.29) is 5.69 Å². The Morgan fingerprint density at radius 2 is 1.77 bits per heavy atom. The number of piperazine rings is 1. The molecule has 160 valence electrons. The molecule has 0 saturated carbocycles. The third kappa shape index (κ3) is 5.03. The Balaban J connectivity index is 1.32. The molecule has 31 heavy (non-hydrogen) atoms. The second kappa shape index (κ2) is 8.90. The predicted molar refractivity (Wildman–Crippen MR) is 113 cm³/mol. The van der Waals surface area contributed by atoms with Crippen LogP contribution in [0.25, 0.3) is 0 Å². The highest BCUT2D eigenvalue weighted by Gasteiger charge is 2.23. The minimum absolute atomic E-state index is 0.176. The van der Waals surface area contributed by atoms with E-state index in [1.165, 1.54) is 0 Å². The first-order valence-electron chi connectivity index (χ1n) is 9.78. The number of anilines is 4. The molecular formula is C21H21F2N7O. The minimum atomic E-state index is -0.682. The number of aromatic nitrogens is 3. The molecule has 2 N–H and O–H groups in total. The summed E-state index contributed by atoms with van der Waals surface area (Å²) in [6, 6.07) is 11.8. The lowest BCUT2D eigenvalue weighted by Gasteiger charge is -2.35. The first-order valence-corrected chi connectivity index (χ1v) is 9.78. The van der Waals surface area contributed by atoms with E-state index in [9.17, 15) is 13.6 Å². The Morgan fingerprint density at radius 3 is 2.48 bits per heavy atom. The van der Waals surface area contributed by atoms with Crippen molar-refractivity contribution >= 4 is 29.2 Å². The zero-order valence-corrected chi connectivity index (χ0v) is 16.8. The quantitative estimate of drug-likeness (QED) is 0.665. The fourth-order valence-corrected chi connectivity index (χ4v) is 3.23. The molecule has 1 aliphatic rings. The predicted octanol–water partition coefficient (Wildman–Crippen LogP) is 3.56. The van der Waals surface area contributed by atoms with Crippen LogP contribution in [0.2, 0.25) is 0 Å². The molecule has 3 aromatic rings. The van der Waals surface area contributed by atoms with Gasteiger partial charge in [-0.3, -0.25) is 0 Å². The molecule has 1 aromatic carbocycles. The number of pyridine rings is 1. The molecule has 0 bridgehead atoms. The maximum absolute atomic E-state index is 13.7. The monoisotopic (exact) mass is 425 g/mol. The molecule has 4 rings (SSSR count). The molecule has 1 fully saturated rings. The van der Waals surface area contributed by atoms with Crippen molar-refractivity contribution < 1.29 is 13.6 Å². The number of benzene rings is 1. The third-order valence-corrected chi connectivity index (χ3v) is 4.86. The number of hydrogen-bond acceptors (Lipinski definition) is 6. The molecule has 1 saturated heterocycles. The van der Waals surface area contributed by atoms with Crippen molar-refractivity contribution in [2.75, 3.05) is 41.7 Å². The minimum Gasteiger partial charge on any atom is -0.352 e. The molecular weight excluding hydrogens is 404 g/mol. The summed E-state index contributed by atoms with van der Waals surface area (Å²) in [6.07, 6.45) is 0. The number of urea groups is 1. The second-order valence-electron chi connectivity index (χ2n) is 7.09. The SMILES string of the molecule is Cc1cccc(Nc2ccc(N3CCN(C(=O)Nc4cc(F)ccc4F)CC3)nn2)n1. The Hall–Kier alpha value is -3.82. The molecule has 0 aliphatic carbocycles. The highest BCUT2D eigenvalue weighted by Crippen LogP contribution is 2.19. The number of aryl methyl sites for hydroxylation is 1. The Labute approximate surface area is 177 Å². The van der Waals surface area contributed by atoms with Gasteiger partial charge in [-0.25, -0.2) is 18.6 Å². The van der Waals surface area contributed by atoms with Gasteiger partial charge in [0.2, 0.25) is 0 Å². The maximum atomic E-state index is 13.7. The second-order valence-corrected chi connectivity index (χ2v) is 7.09. The van der Waals surface area contributed by atoms with E-state index < -0.39 is 17.7 Å². The number of halogens is 2. The van der Waals surface area contributed by atoms with Crippen LogP contribution in [0.5, 0.6) is 0 Å². The summed E-state index contributed by atoms with van der Waals surface area (Å²) in [5.74, 6) is 0.668. The van der Waals surface area contributed by atoms with Crippen molar-refractivity contribution in [3.63, 3.8) is 0 Å². The zero-order chi connectivity index (χ0) is 21.8. The first-order chi connectivity index (χ1) is 15.0. The van der Waals surface area contributed by atoms with Crippen molar-refractivity contribution in [1.82, 2.24) is 20.1 Å². The van der Waals surface area contributed by atoms with E-state index in [1.54, 1.807) is 4.90 Å². The van der Waals surface area contributed by atoms with Crippen LogP contribution in [0.1, 0.15) is 5.69 Å². The van der Waals surface area contributed by atoms with Crippen LogP contribution in [-0.4, -0.2) is 52.3 Å². The Morgan fingerprint density at radius 1 is 0.968 bits per heavy atom. The van der Waals surface area contributed by atoms with E-state index in [0.29, 0.717) is 43.6 Å². The van der Waals surface area contributed by atoms with Crippen LogP contribution in [-0.2, 0) is 0 Å². The zero-order valence-electron chi connectivity index (χ0n) is 16.8. The molecule has 3 heterocycles. The molecule has 0 radical (unpaired) electrons. The number of carbonyl (C=O) groups excluding carboxylic acids is 1. The van der Waals surface area contributed by atoms with E-state index in [4.69, 9.17) is 0 Å². The molecule has 2 amide bonds. The smallest absolute Gasteiger partial charge is 0.322 e. The van der Waals surface area contributed by atoms with E-state index in [2.05, 4.69) is 25.8 Å². The molecule has 2 aromatic heterocycles. The van der Waals surface area contributed by atoms with Gasteiger partial charge in [-0.05, 0) is 43.3 Å². The van der Waals surface area contributed by atoms with Crippen LogP contribution >= 0.6 is 0 Å². The summed E-state index contributed by atoms with van der Waals surface area (Å²) in [6.45, 7) is 3.82. The van der Waals surface area contributed by atoms with Crippen molar-refractivity contribution in [3.8, 4) is 0 Å². The van der Waals surface area contributed by atoms with Gasteiger partial charge in [0, 0.05) is 37.9 Å². The van der Waals surface area contributed by atoms with Gasteiger partial charge in [-0.2, -0.15) is 0 Å². The lowest BCUT2D eigenvalue weighted by molar-refractivity contribution is 0.208. The fourth-order valence-electron chi connectivity index (χ4n) is 3.23.